The molecule has 0 saturated carbocycles. The van der Waals surface area contributed by atoms with Crippen molar-refractivity contribution in [2.45, 2.75) is 30.8 Å². The second-order valence-corrected chi connectivity index (χ2v) is 5.39. The summed E-state index contributed by atoms with van der Waals surface area (Å²) >= 11 is 7.41. The van der Waals surface area contributed by atoms with E-state index in [1.807, 2.05) is 23.9 Å². The number of alkyl halides is 1. The van der Waals surface area contributed by atoms with Gasteiger partial charge in [-0.1, -0.05) is 13.3 Å². The van der Waals surface area contributed by atoms with E-state index in [1.165, 1.54) is 23.5 Å². The van der Waals surface area contributed by atoms with E-state index in [2.05, 4.69) is 24.4 Å². The molecule has 1 unspecified atom stereocenters. The van der Waals surface area contributed by atoms with Crippen molar-refractivity contribution in [2.75, 3.05) is 23.5 Å². The van der Waals surface area contributed by atoms with Crippen molar-refractivity contribution in [3.63, 3.8) is 0 Å². The fourth-order valence-corrected chi connectivity index (χ4v) is 2.40. The van der Waals surface area contributed by atoms with Gasteiger partial charge in [-0.05, 0) is 36.4 Å². The largest absolute Gasteiger partial charge is 0.390 e. The van der Waals surface area contributed by atoms with Gasteiger partial charge in [0.15, 0.2) is 0 Å². The number of halogens is 1. The molecular weight excluding hydrogens is 254 g/mol. The van der Waals surface area contributed by atoms with Gasteiger partial charge in [-0.25, -0.2) is 0 Å². The summed E-state index contributed by atoms with van der Waals surface area (Å²) in [5.74, 6) is 1.44. The molecule has 0 aliphatic rings. The molecule has 2 N–H and O–H groups in total. The standard InChI is InChI=1S/C13H20ClNOS/c1-2-3-8-17-13-6-4-11(5-7-13)15-10-12(16)9-14/h4-7,12,15-16H,2-3,8-10H2,1H3. The fraction of sp³-hybridized carbons (Fsp3) is 0.538. The maximum Gasteiger partial charge on any atom is 0.0847 e. The van der Waals surface area contributed by atoms with Crippen LogP contribution < -0.4 is 5.32 Å². The van der Waals surface area contributed by atoms with E-state index >= 15 is 0 Å². The number of benzene rings is 1. The first-order chi connectivity index (χ1) is 8.26. The molecule has 2 nitrogen and oxygen atoms in total. The van der Waals surface area contributed by atoms with Crippen LogP contribution in [-0.2, 0) is 0 Å². The molecule has 0 amide bonds. The maximum absolute atomic E-state index is 9.32. The molecule has 0 heterocycles. The van der Waals surface area contributed by atoms with Gasteiger partial charge in [-0.3, -0.25) is 0 Å². The van der Waals surface area contributed by atoms with E-state index in [4.69, 9.17) is 11.6 Å². The lowest BCUT2D eigenvalue weighted by Crippen LogP contribution is -2.20. The number of aliphatic hydroxyl groups is 1. The fourth-order valence-electron chi connectivity index (χ4n) is 1.29. The maximum atomic E-state index is 9.32. The average Bonchev–Trinajstić information content (AvgIpc) is 2.37. The number of thioether (sulfide) groups is 1. The monoisotopic (exact) mass is 273 g/mol. The first-order valence-corrected chi connectivity index (χ1v) is 7.49. The lowest BCUT2D eigenvalue weighted by atomic mass is 10.3. The minimum atomic E-state index is -0.490. The van der Waals surface area contributed by atoms with Crippen molar-refractivity contribution < 1.29 is 5.11 Å². The van der Waals surface area contributed by atoms with Gasteiger partial charge < -0.3 is 10.4 Å². The van der Waals surface area contributed by atoms with Crippen molar-refractivity contribution in [3.05, 3.63) is 24.3 Å². The Labute approximate surface area is 113 Å². The summed E-state index contributed by atoms with van der Waals surface area (Å²) < 4.78 is 0. The van der Waals surface area contributed by atoms with Crippen molar-refractivity contribution in [2.24, 2.45) is 0 Å². The molecular formula is C13H20ClNOS. The van der Waals surface area contributed by atoms with Gasteiger partial charge >= 0.3 is 0 Å². The molecule has 1 aromatic carbocycles. The van der Waals surface area contributed by atoms with Gasteiger partial charge in [0.25, 0.3) is 0 Å². The Morgan fingerprint density at radius 1 is 1.35 bits per heavy atom. The Kier molecular flexibility index (Phi) is 7.49. The van der Waals surface area contributed by atoms with Gasteiger partial charge in [0.2, 0.25) is 0 Å². The van der Waals surface area contributed by atoms with Crippen LogP contribution in [0.25, 0.3) is 0 Å². The van der Waals surface area contributed by atoms with Crippen molar-refractivity contribution in [1.29, 1.82) is 0 Å². The molecule has 0 radical (unpaired) electrons. The third kappa shape index (κ3) is 6.20. The summed E-state index contributed by atoms with van der Waals surface area (Å²) in [6, 6.07) is 8.29. The van der Waals surface area contributed by atoms with E-state index in [-0.39, 0.29) is 5.88 Å². The summed E-state index contributed by atoms with van der Waals surface area (Å²) in [7, 11) is 0. The molecule has 0 fully saturated rings. The molecule has 1 aromatic rings. The highest BCUT2D eigenvalue weighted by molar-refractivity contribution is 7.99. The Morgan fingerprint density at radius 2 is 2.06 bits per heavy atom. The van der Waals surface area contributed by atoms with Crippen LogP contribution in [0.3, 0.4) is 0 Å². The van der Waals surface area contributed by atoms with E-state index in [9.17, 15) is 5.11 Å². The second kappa shape index (κ2) is 8.67. The first kappa shape index (κ1) is 14.7. The number of aliphatic hydroxyl groups excluding tert-OH is 1. The molecule has 1 rings (SSSR count). The minimum Gasteiger partial charge on any atom is -0.390 e. The van der Waals surface area contributed by atoms with Crippen LogP contribution in [0.2, 0.25) is 0 Å². The minimum absolute atomic E-state index is 0.262. The molecule has 1 atom stereocenters. The van der Waals surface area contributed by atoms with Crippen LogP contribution in [0.1, 0.15) is 19.8 Å². The zero-order chi connectivity index (χ0) is 12.5. The molecule has 96 valence electrons. The number of unbranched alkanes of at least 4 members (excludes halogenated alkanes) is 1. The number of hydrogen-bond acceptors (Lipinski definition) is 3. The zero-order valence-corrected chi connectivity index (χ0v) is 11.7. The smallest absolute Gasteiger partial charge is 0.0847 e. The summed E-state index contributed by atoms with van der Waals surface area (Å²) in [5, 5.41) is 12.5. The van der Waals surface area contributed by atoms with Gasteiger partial charge in [-0.15, -0.1) is 23.4 Å². The van der Waals surface area contributed by atoms with Crippen LogP contribution >= 0.6 is 23.4 Å². The Bertz CT molecular complexity index is 305. The molecule has 0 saturated heterocycles. The van der Waals surface area contributed by atoms with Crippen LogP contribution in [0.4, 0.5) is 5.69 Å². The zero-order valence-electron chi connectivity index (χ0n) is 10.2. The summed E-state index contributed by atoms with van der Waals surface area (Å²) in [4.78, 5) is 1.29. The molecule has 4 heteroatoms. The number of nitrogens with one attached hydrogen (secondary N) is 1. The predicted octanol–water partition coefficient (Wildman–Crippen LogP) is 3.59. The highest BCUT2D eigenvalue weighted by atomic mass is 35.5. The van der Waals surface area contributed by atoms with Crippen molar-refractivity contribution >= 4 is 29.1 Å². The lowest BCUT2D eigenvalue weighted by Gasteiger charge is -2.10. The molecule has 0 aromatic heterocycles. The molecule has 0 aliphatic heterocycles. The predicted molar refractivity (Wildman–Crippen MR) is 77.3 cm³/mol. The first-order valence-electron chi connectivity index (χ1n) is 5.97. The van der Waals surface area contributed by atoms with E-state index in [0.29, 0.717) is 6.54 Å². The molecule has 0 bridgehead atoms. The molecule has 0 spiro atoms. The number of hydrogen-bond donors (Lipinski definition) is 2. The van der Waals surface area contributed by atoms with E-state index in [1.54, 1.807) is 0 Å². The summed E-state index contributed by atoms with van der Waals surface area (Å²) in [5.41, 5.74) is 1.02. The number of anilines is 1. The van der Waals surface area contributed by atoms with Crippen molar-refractivity contribution in [1.82, 2.24) is 0 Å². The van der Waals surface area contributed by atoms with Crippen LogP contribution in [0, 0.1) is 0 Å². The van der Waals surface area contributed by atoms with E-state index < -0.39 is 6.10 Å². The molecule has 17 heavy (non-hydrogen) atoms. The van der Waals surface area contributed by atoms with Gasteiger partial charge in [-0.2, -0.15) is 0 Å². The lowest BCUT2D eigenvalue weighted by molar-refractivity contribution is 0.211. The average molecular weight is 274 g/mol. The summed E-state index contributed by atoms with van der Waals surface area (Å²) in [6.07, 6.45) is 2.01. The highest BCUT2D eigenvalue weighted by Crippen LogP contribution is 2.21. The Morgan fingerprint density at radius 3 is 2.65 bits per heavy atom. The van der Waals surface area contributed by atoms with Gasteiger partial charge in [0, 0.05) is 17.1 Å². The second-order valence-electron chi connectivity index (χ2n) is 3.92. The summed E-state index contributed by atoms with van der Waals surface area (Å²) in [6.45, 7) is 2.70. The van der Waals surface area contributed by atoms with Crippen LogP contribution in [-0.4, -0.2) is 29.4 Å². The third-order valence-electron chi connectivity index (χ3n) is 2.34. The quantitative estimate of drug-likeness (QED) is 0.431. The van der Waals surface area contributed by atoms with Crippen molar-refractivity contribution in [3.8, 4) is 0 Å². The normalized spacial score (nSPS) is 12.4. The highest BCUT2D eigenvalue weighted by Gasteiger charge is 2.01. The number of rotatable bonds is 8. The third-order valence-corrected chi connectivity index (χ3v) is 3.80. The SMILES string of the molecule is CCCCSc1ccc(NCC(O)CCl)cc1. The van der Waals surface area contributed by atoms with Crippen LogP contribution in [0.5, 0.6) is 0 Å². The topological polar surface area (TPSA) is 32.3 Å². The van der Waals surface area contributed by atoms with E-state index in [0.717, 1.165) is 5.69 Å². The van der Waals surface area contributed by atoms with Gasteiger partial charge in [0.1, 0.15) is 0 Å². The Hall–Kier alpha value is -0.380. The van der Waals surface area contributed by atoms with Gasteiger partial charge in [0.05, 0.1) is 12.0 Å². The van der Waals surface area contributed by atoms with Crippen LogP contribution in [0.15, 0.2) is 29.2 Å². The Balaban J connectivity index is 2.34. The molecule has 0 aliphatic carbocycles.